The van der Waals surface area contributed by atoms with E-state index in [0.717, 1.165) is 56.8 Å². The third-order valence-corrected chi connectivity index (χ3v) is 5.28. The number of ether oxygens (including phenoxy) is 1. The van der Waals surface area contributed by atoms with Gasteiger partial charge in [-0.3, -0.25) is 14.5 Å². The van der Waals surface area contributed by atoms with Crippen LogP contribution in [0.25, 0.3) is 0 Å². The standard InChI is InChI=1S/C20H27N5O2/c1-23-9-5-11-25-17(13-23)12-19(22-25)20(26)24-10-4-7-18(14-24)27-15-16-6-2-3-8-21-16/h2-3,6,8,12,18H,4-5,7,9-11,13-15H2,1H3. The number of pyridine rings is 1. The Kier molecular flexibility index (Phi) is 5.50. The lowest BCUT2D eigenvalue weighted by Crippen LogP contribution is -2.43. The Labute approximate surface area is 159 Å². The molecule has 1 amide bonds. The van der Waals surface area contributed by atoms with Crippen LogP contribution < -0.4 is 0 Å². The maximum Gasteiger partial charge on any atom is 0.274 e. The number of hydrogen-bond donors (Lipinski definition) is 0. The summed E-state index contributed by atoms with van der Waals surface area (Å²) in [4.78, 5) is 21.4. The minimum Gasteiger partial charge on any atom is -0.370 e. The van der Waals surface area contributed by atoms with Crippen molar-refractivity contribution in [2.75, 3.05) is 26.7 Å². The number of likely N-dealkylation sites (tertiary alicyclic amines) is 1. The Hall–Kier alpha value is -2.25. The van der Waals surface area contributed by atoms with Crippen LogP contribution in [0.3, 0.4) is 0 Å². The Bertz CT molecular complexity index is 776. The summed E-state index contributed by atoms with van der Waals surface area (Å²) in [7, 11) is 2.11. The van der Waals surface area contributed by atoms with Crippen molar-refractivity contribution in [2.24, 2.45) is 0 Å². The zero-order chi connectivity index (χ0) is 18.6. The highest BCUT2D eigenvalue weighted by Crippen LogP contribution is 2.19. The van der Waals surface area contributed by atoms with Crippen molar-refractivity contribution >= 4 is 5.91 Å². The number of amides is 1. The fraction of sp³-hybridized carbons (Fsp3) is 0.550. The molecular formula is C20H27N5O2. The van der Waals surface area contributed by atoms with Gasteiger partial charge in [0.05, 0.1) is 24.1 Å². The van der Waals surface area contributed by atoms with Crippen LogP contribution in [0, 0.1) is 0 Å². The SMILES string of the molecule is CN1CCCn2nc(C(=O)N3CCCC(OCc4ccccn4)C3)cc2C1. The molecular weight excluding hydrogens is 342 g/mol. The first-order chi connectivity index (χ1) is 13.2. The van der Waals surface area contributed by atoms with Crippen LogP contribution in [0.15, 0.2) is 30.5 Å². The second kappa shape index (κ2) is 8.19. The molecule has 2 aliphatic rings. The molecule has 144 valence electrons. The number of hydrogen-bond acceptors (Lipinski definition) is 5. The highest BCUT2D eigenvalue weighted by molar-refractivity contribution is 5.92. The van der Waals surface area contributed by atoms with Gasteiger partial charge in [-0.15, -0.1) is 0 Å². The number of carbonyl (C=O) groups is 1. The highest BCUT2D eigenvalue weighted by atomic mass is 16.5. The normalized spacial score (nSPS) is 20.9. The number of carbonyl (C=O) groups excluding carboxylic acids is 1. The largest absolute Gasteiger partial charge is 0.370 e. The quantitative estimate of drug-likeness (QED) is 0.824. The zero-order valence-corrected chi connectivity index (χ0v) is 15.9. The van der Waals surface area contributed by atoms with Gasteiger partial charge < -0.3 is 14.5 Å². The Balaban J connectivity index is 1.38. The van der Waals surface area contributed by atoms with Crippen molar-refractivity contribution in [3.8, 4) is 0 Å². The maximum atomic E-state index is 13.0. The van der Waals surface area contributed by atoms with Crippen LogP contribution in [0.5, 0.6) is 0 Å². The summed E-state index contributed by atoms with van der Waals surface area (Å²) < 4.78 is 8.00. The van der Waals surface area contributed by atoms with Gasteiger partial charge >= 0.3 is 0 Å². The average Bonchev–Trinajstić information content (AvgIpc) is 3.01. The summed E-state index contributed by atoms with van der Waals surface area (Å²) in [6, 6.07) is 7.78. The lowest BCUT2D eigenvalue weighted by molar-refractivity contribution is -0.00803. The predicted octanol–water partition coefficient (Wildman–Crippen LogP) is 1.93. The van der Waals surface area contributed by atoms with Crippen molar-refractivity contribution in [3.63, 3.8) is 0 Å². The molecule has 1 unspecified atom stereocenters. The molecule has 0 aliphatic carbocycles. The van der Waals surface area contributed by atoms with Gasteiger partial charge in [0.1, 0.15) is 0 Å². The van der Waals surface area contributed by atoms with Gasteiger partial charge in [0.2, 0.25) is 0 Å². The van der Waals surface area contributed by atoms with Crippen LogP contribution in [-0.4, -0.2) is 63.3 Å². The van der Waals surface area contributed by atoms with Gasteiger partial charge in [0, 0.05) is 38.9 Å². The molecule has 2 aromatic heterocycles. The monoisotopic (exact) mass is 369 g/mol. The van der Waals surface area contributed by atoms with Gasteiger partial charge in [-0.05, 0) is 44.5 Å². The van der Waals surface area contributed by atoms with Crippen molar-refractivity contribution < 1.29 is 9.53 Å². The minimum absolute atomic E-state index is 0.0179. The number of fused-ring (bicyclic) bond motifs is 1. The molecule has 0 aromatic carbocycles. The van der Waals surface area contributed by atoms with E-state index in [-0.39, 0.29) is 12.0 Å². The van der Waals surface area contributed by atoms with E-state index in [1.165, 1.54) is 0 Å². The summed E-state index contributed by atoms with van der Waals surface area (Å²) in [6.07, 6.45) is 4.81. The van der Waals surface area contributed by atoms with Gasteiger partial charge in [0.15, 0.2) is 5.69 Å². The summed E-state index contributed by atoms with van der Waals surface area (Å²) in [5, 5.41) is 4.59. The van der Waals surface area contributed by atoms with Crippen LogP contribution >= 0.6 is 0 Å². The molecule has 0 spiro atoms. The Morgan fingerprint density at radius 1 is 1.26 bits per heavy atom. The van der Waals surface area contributed by atoms with E-state index < -0.39 is 0 Å². The number of aryl methyl sites for hydroxylation is 1. The molecule has 0 radical (unpaired) electrons. The van der Waals surface area contributed by atoms with Gasteiger partial charge in [-0.1, -0.05) is 6.07 Å². The van der Waals surface area contributed by atoms with E-state index in [1.54, 1.807) is 6.20 Å². The van der Waals surface area contributed by atoms with Crippen LogP contribution in [0.1, 0.15) is 41.1 Å². The second-order valence-electron chi connectivity index (χ2n) is 7.48. The lowest BCUT2D eigenvalue weighted by Gasteiger charge is -2.32. The van der Waals surface area contributed by atoms with Gasteiger partial charge in [0.25, 0.3) is 5.91 Å². The molecule has 2 aromatic rings. The molecule has 7 nitrogen and oxygen atoms in total. The summed E-state index contributed by atoms with van der Waals surface area (Å²) in [5.41, 5.74) is 2.60. The smallest absolute Gasteiger partial charge is 0.274 e. The summed E-state index contributed by atoms with van der Waals surface area (Å²) in [6.45, 7) is 4.66. The number of piperidine rings is 1. The van der Waals surface area contributed by atoms with Crippen LogP contribution in [0.2, 0.25) is 0 Å². The highest BCUT2D eigenvalue weighted by Gasteiger charge is 2.27. The topological polar surface area (TPSA) is 63.5 Å². The first-order valence-electron chi connectivity index (χ1n) is 9.75. The first-order valence-corrected chi connectivity index (χ1v) is 9.75. The average molecular weight is 369 g/mol. The Morgan fingerprint density at radius 3 is 3.04 bits per heavy atom. The van der Waals surface area contributed by atoms with Crippen LogP contribution in [0.4, 0.5) is 0 Å². The van der Waals surface area contributed by atoms with E-state index in [4.69, 9.17) is 4.74 Å². The number of nitrogens with zero attached hydrogens (tertiary/aromatic N) is 5. The maximum absolute atomic E-state index is 13.0. The third-order valence-electron chi connectivity index (χ3n) is 5.28. The molecule has 0 N–H and O–H groups in total. The molecule has 1 atom stereocenters. The van der Waals surface area contributed by atoms with E-state index >= 15 is 0 Å². The number of rotatable bonds is 4. The molecule has 27 heavy (non-hydrogen) atoms. The molecule has 0 bridgehead atoms. The minimum atomic E-state index is 0.0179. The van der Waals surface area contributed by atoms with Crippen molar-refractivity contribution in [2.45, 2.75) is 45.1 Å². The second-order valence-corrected chi connectivity index (χ2v) is 7.48. The fourth-order valence-electron chi connectivity index (χ4n) is 3.83. The van der Waals surface area contributed by atoms with E-state index in [0.29, 0.717) is 18.8 Å². The lowest BCUT2D eigenvalue weighted by atomic mass is 10.1. The van der Waals surface area contributed by atoms with E-state index in [9.17, 15) is 4.79 Å². The summed E-state index contributed by atoms with van der Waals surface area (Å²) >= 11 is 0. The Morgan fingerprint density at radius 2 is 2.19 bits per heavy atom. The van der Waals surface area contributed by atoms with Gasteiger partial charge in [-0.25, -0.2) is 0 Å². The van der Waals surface area contributed by atoms with Crippen molar-refractivity contribution in [1.82, 2.24) is 24.6 Å². The van der Waals surface area contributed by atoms with E-state index in [2.05, 4.69) is 22.0 Å². The number of aromatic nitrogens is 3. The fourth-order valence-corrected chi connectivity index (χ4v) is 3.83. The first kappa shape index (κ1) is 18.1. The van der Waals surface area contributed by atoms with Gasteiger partial charge in [-0.2, -0.15) is 5.10 Å². The summed E-state index contributed by atoms with van der Waals surface area (Å²) in [5.74, 6) is 0.0179. The molecule has 0 saturated carbocycles. The van der Waals surface area contributed by atoms with Crippen molar-refractivity contribution in [1.29, 1.82) is 0 Å². The molecule has 2 aliphatic heterocycles. The molecule has 1 saturated heterocycles. The molecule has 4 rings (SSSR count). The van der Waals surface area contributed by atoms with E-state index in [1.807, 2.05) is 33.8 Å². The predicted molar refractivity (Wildman–Crippen MR) is 101 cm³/mol. The molecule has 1 fully saturated rings. The van der Waals surface area contributed by atoms with Crippen LogP contribution in [-0.2, 0) is 24.4 Å². The third kappa shape index (κ3) is 4.36. The molecule has 4 heterocycles. The van der Waals surface area contributed by atoms with Crippen molar-refractivity contribution in [3.05, 3.63) is 47.5 Å². The zero-order valence-electron chi connectivity index (χ0n) is 15.9. The molecule has 7 heteroatoms.